The molecule has 4 nitrogen and oxygen atoms in total. The summed E-state index contributed by atoms with van der Waals surface area (Å²) in [6.07, 6.45) is 2.52. The number of likely N-dealkylation sites (tertiary alicyclic amines) is 1. The van der Waals surface area contributed by atoms with Gasteiger partial charge in [0.05, 0.1) is 5.69 Å². The number of hydrogen-bond acceptors (Lipinski definition) is 4. The predicted octanol–water partition coefficient (Wildman–Crippen LogP) is 2.11. The van der Waals surface area contributed by atoms with Crippen LogP contribution in [0.5, 0.6) is 0 Å². The second kappa shape index (κ2) is 6.34. The van der Waals surface area contributed by atoms with E-state index in [1.165, 1.54) is 31.5 Å². The van der Waals surface area contributed by atoms with Crippen molar-refractivity contribution in [3.8, 4) is 0 Å². The lowest BCUT2D eigenvalue weighted by molar-refractivity contribution is 0.310. The van der Waals surface area contributed by atoms with Gasteiger partial charge in [0.1, 0.15) is 5.76 Å². The Morgan fingerprint density at radius 3 is 2.94 bits per heavy atom. The Labute approximate surface area is 110 Å². The van der Waals surface area contributed by atoms with Crippen molar-refractivity contribution < 1.29 is 4.52 Å². The third-order valence-electron chi connectivity index (χ3n) is 3.79. The average molecular weight is 251 g/mol. The molecule has 0 aliphatic carbocycles. The van der Waals surface area contributed by atoms with E-state index in [4.69, 9.17) is 4.52 Å². The molecule has 0 spiro atoms. The molecule has 1 N–H and O–H groups in total. The number of nitrogens with zero attached hydrogens (tertiary/aromatic N) is 2. The van der Waals surface area contributed by atoms with E-state index in [0.717, 1.165) is 37.0 Å². The fourth-order valence-corrected chi connectivity index (χ4v) is 2.66. The first kappa shape index (κ1) is 13.6. The maximum absolute atomic E-state index is 5.22. The predicted molar refractivity (Wildman–Crippen MR) is 72.5 cm³/mol. The second-order valence-electron chi connectivity index (χ2n) is 5.40. The Balaban J connectivity index is 1.79. The van der Waals surface area contributed by atoms with Crippen LogP contribution in [0.15, 0.2) is 4.52 Å². The largest absolute Gasteiger partial charge is 0.361 e. The van der Waals surface area contributed by atoms with Crippen LogP contribution in [0.3, 0.4) is 0 Å². The molecule has 0 aromatic carbocycles. The first-order valence-corrected chi connectivity index (χ1v) is 7.05. The molecule has 1 saturated heterocycles. The topological polar surface area (TPSA) is 41.3 Å². The van der Waals surface area contributed by atoms with Crippen LogP contribution in [0.2, 0.25) is 0 Å². The molecule has 0 amide bonds. The summed E-state index contributed by atoms with van der Waals surface area (Å²) in [4.78, 5) is 2.52. The van der Waals surface area contributed by atoms with Crippen molar-refractivity contribution in [1.29, 1.82) is 0 Å². The Kier molecular flexibility index (Phi) is 4.78. The Bertz CT molecular complexity index is 356. The van der Waals surface area contributed by atoms with Gasteiger partial charge in [-0.05, 0) is 52.2 Å². The van der Waals surface area contributed by atoms with Crippen LogP contribution in [-0.4, -0.2) is 36.2 Å². The molecule has 0 bridgehead atoms. The minimum atomic E-state index is 0.803. The van der Waals surface area contributed by atoms with Crippen molar-refractivity contribution in [1.82, 2.24) is 15.4 Å². The van der Waals surface area contributed by atoms with E-state index in [0.29, 0.717) is 0 Å². The molecule has 4 heteroatoms. The second-order valence-corrected chi connectivity index (χ2v) is 5.40. The van der Waals surface area contributed by atoms with Crippen molar-refractivity contribution in [3.63, 3.8) is 0 Å². The van der Waals surface area contributed by atoms with E-state index in [9.17, 15) is 0 Å². The summed E-state index contributed by atoms with van der Waals surface area (Å²) >= 11 is 0. The quantitative estimate of drug-likeness (QED) is 0.786. The highest BCUT2D eigenvalue weighted by Crippen LogP contribution is 2.21. The molecule has 1 aliphatic rings. The Morgan fingerprint density at radius 2 is 2.28 bits per heavy atom. The van der Waals surface area contributed by atoms with Crippen LogP contribution < -0.4 is 5.32 Å². The van der Waals surface area contributed by atoms with E-state index >= 15 is 0 Å². The molecule has 1 atom stereocenters. The molecule has 1 unspecified atom stereocenters. The summed E-state index contributed by atoms with van der Waals surface area (Å²) in [7, 11) is 0. The summed E-state index contributed by atoms with van der Waals surface area (Å²) in [6.45, 7) is 11.9. The first-order chi connectivity index (χ1) is 8.70. The van der Waals surface area contributed by atoms with Crippen molar-refractivity contribution >= 4 is 0 Å². The summed E-state index contributed by atoms with van der Waals surface area (Å²) in [6, 6.07) is 0. The van der Waals surface area contributed by atoms with Crippen LogP contribution in [0, 0.1) is 19.8 Å². The van der Waals surface area contributed by atoms with Crippen LogP contribution in [0.25, 0.3) is 0 Å². The third kappa shape index (κ3) is 3.33. The number of aromatic nitrogens is 1. The van der Waals surface area contributed by atoms with Gasteiger partial charge in [-0.3, -0.25) is 4.90 Å². The minimum Gasteiger partial charge on any atom is -0.361 e. The Morgan fingerprint density at radius 1 is 1.44 bits per heavy atom. The first-order valence-electron chi connectivity index (χ1n) is 7.05. The molecule has 1 aliphatic heterocycles. The summed E-state index contributed by atoms with van der Waals surface area (Å²) < 4.78 is 5.22. The van der Waals surface area contributed by atoms with Gasteiger partial charge in [0.25, 0.3) is 0 Å². The fraction of sp³-hybridized carbons (Fsp3) is 0.786. The van der Waals surface area contributed by atoms with Crippen LogP contribution in [0.1, 0.15) is 36.8 Å². The van der Waals surface area contributed by atoms with Crippen molar-refractivity contribution in [2.24, 2.45) is 5.92 Å². The lowest BCUT2D eigenvalue weighted by Gasteiger charge is -2.16. The van der Waals surface area contributed by atoms with Gasteiger partial charge < -0.3 is 9.84 Å². The highest BCUT2D eigenvalue weighted by Gasteiger charge is 2.23. The molecule has 1 aromatic rings. The van der Waals surface area contributed by atoms with Crippen LogP contribution in [-0.2, 0) is 6.54 Å². The number of aryl methyl sites for hydroxylation is 2. The molecule has 0 saturated carbocycles. The van der Waals surface area contributed by atoms with Crippen LogP contribution >= 0.6 is 0 Å². The highest BCUT2D eigenvalue weighted by atomic mass is 16.5. The Hall–Kier alpha value is -0.870. The van der Waals surface area contributed by atoms with Gasteiger partial charge in [0.2, 0.25) is 0 Å². The highest BCUT2D eigenvalue weighted by molar-refractivity contribution is 5.20. The van der Waals surface area contributed by atoms with E-state index < -0.39 is 0 Å². The number of rotatable bonds is 6. The van der Waals surface area contributed by atoms with Gasteiger partial charge in [-0.15, -0.1) is 0 Å². The molecule has 0 radical (unpaired) electrons. The molecular formula is C14H25N3O. The summed E-state index contributed by atoms with van der Waals surface area (Å²) in [5, 5.41) is 7.55. The van der Waals surface area contributed by atoms with Crippen molar-refractivity contribution in [3.05, 3.63) is 17.0 Å². The monoisotopic (exact) mass is 251 g/mol. The lowest BCUT2D eigenvalue weighted by Crippen LogP contribution is -2.27. The van der Waals surface area contributed by atoms with E-state index in [2.05, 4.69) is 22.3 Å². The zero-order valence-corrected chi connectivity index (χ0v) is 11.8. The van der Waals surface area contributed by atoms with Gasteiger partial charge in [-0.1, -0.05) is 12.1 Å². The molecular weight excluding hydrogens is 226 g/mol. The standard InChI is InChI=1S/C14H25N3O/c1-4-6-15-8-13-5-7-17(9-13)10-14-11(2)16-18-12(14)3/h13,15H,4-10H2,1-3H3. The van der Waals surface area contributed by atoms with Crippen molar-refractivity contribution in [2.45, 2.75) is 40.2 Å². The molecule has 1 fully saturated rings. The van der Waals surface area contributed by atoms with Gasteiger partial charge in [0.15, 0.2) is 0 Å². The van der Waals surface area contributed by atoms with Gasteiger partial charge >= 0.3 is 0 Å². The molecule has 2 heterocycles. The number of nitrogens with one attached hydrogen (secondary N) is 1. The lowest BCUT2D eigenvalue weighted by atomic mass is 10.1. The fourth-order valence-electron chi connectivity index (χ4n) is 2.66. The van der Waals surface area contributed by atoms with E-state index in [1.54, 1.807) is 0 Å². The van der Waals surface area contributed by atoms with Crippen LogP contribution in [0.4, 0.5) is 0 Å². The molecule has 2 rings (SSSR count). The zero-order chi connectivity index (χ0) is 13.0. The molecule has 1 aromatic heterocycles. The molecule has 18 heavy (non-hydrogen) atoms. The zero-order valence-electron chi connectivity index (χ0n) is 11.8. The average Bonchev–Trinajstić information content (AvgIpc) is 2.92. The maximum atomic E-state index is 5.22. The van der Waals surface area contributed by atoms with Gasteiger partial charge in [0, 0.05) is 18.7 Å². The van der Waals surface area contributed by atoms with Crippen molar-refractivity contribution in [2.75, 3.05) is 26.2 Å². The maximum Gasteiger partial charge on any atom is 0.138 e. The molecule has 102 valence electrons. The summed E-state index contributed by atoms with van der Waals surface area (Å²) in [5.74, 6) is 1.78. The third-order valence-corrected chi connectivity index (χ3v) is 3.79. The SMILES string of the molecule is CCCNCC1CCN(Cc2c(C)noc2C)C1. The van der Waals surface area contributed by atoms with Gasteiger partial charge in [-0.2, -0.15) is 0 Å². The van der Waals surface area contributed by atoms with Gasteiger partial charge in [-0.25, -0.2) is 0 Å². The summed E-state index contributed by atoms with van der Waals surface area (Å²) in [5.41, 5.74) is 2.32. The normalized spacial score (nSPS) is 20.7. The van der Waals surface area contributed by atoms with E-state index in [-0.39, 0.29) is 0 Å². The minimum absolute atomic E-state index is 0.803. The smallest absolute Gasteiger partial charge is 0.138 e. The van der Waals surface area contributed by atoms with E-state index in [1.807, 2.05) is 13.8 Å². The number of hydrogen-bond donors (Lipinski definition) is 1.